The van der Waals surface area contributed by atoms with Crippen molar-refractivity contribution in [2.75, 3.05) is 11.9 Å². The van der Waals surface area contributed by atoms with Gasteiger partial charge in [0, 0.05) is 28.1 Å². The average molecular weight is 454 g/mol. The second-order valence-electron chi connectivity index (χ2n) is 8.16. The van der Waals surface area contributed by atoms with Gasteiger partial charge >= 0.3 is 0 Å². The lowest BCUT2D eigenvalue weighted by atomic mass is 10.1. The first-order valence-electron chi connectivity index (χ1n) is 11.5. The van der Waals surface area contributed by atoms with Crippen LogP contribution < -0.4 is 15.4 Å². The molecule has 0 unspecified atom stereocenters. The van der Waals surface area contributed by atoms with Crippen LogP contribution in [-0.2, 0) is 4.79 Å². The van der Waals surface area contributed by atoms with Crippen LogP contribution in [0.1, 0.15) is 15.2 Å². The van der Waals surface area contributed by atoms with E-state index in [1.165, 1.54) is 0 Å². The van der Waals surface area contributed by atoms with Gasteiger partial charge in [0.05, 0.1) is 18.6 Å². The van der Waals surface area contributed by atoms with Crippen molar-refractivity contribution in [2.24, 2.45) is 0 Å². The first-order valence-corrected chi connectivity index (χ1v) is 11.0. The van der Waals surface area contributed by atoms with Gasteiger partial charge in [-0.05, 0) is 56.3 Å². The van der Waals surface area contributed by atoms with Crippen molar-refractivity contribution in [3.63, 3.8) is 0 Å². The van der Waals surface area contributed by atoms with Gasteiger partial charge in [-0.15, -0.1) is 0 Å². The second-order valence-corrected chi connectivity index (χ2v) is 8.16. The normalized spacial score (nSPS) is 11.6. The van der Waals surface area contributed by atoms with Gasteiger partial charge in [0.1, 0.15) is 11.6 Å². The van der Waals surface area contributed by atoms with E-state index in [0.29, 0.717) is 23.0 Å². The number of hydrogen-bond acceptors (Lipinski definition) is 6. The van der Waals surface area contributed by atoms with Crippen LogP contribution in [0.2, 0.25) is 0 Å². The van der Waals surface area contributed by atoms with Crippen molar-refractivity contribution < 1.29 is 10.9 Å². The maximum absolute atomic E-state index is 12.0. The molecule has 0 aliphatic rings. The highest BCUT2D eigenvalue weighted by molar-refractivity contribution is 5.93. The van der Waals surface area contributed by atoms with Crippen LogP contribution in [0.4, 0.5) is 11.5 Å². The molecule has 3 N–H and O–H groups in total. The number of aromatic nitrogens is 4. The Morgan fingerprint density at radius 3 is 2.88 bits per heavy atom. The Balaban J connectivity index is 1.50. The Bertz CT molecular complexity index is 1530. The monoisotopic (exact) mass is 453 g/mol. The number of ether oxygens (including phenoxy) is 1. The van der Waals surface area contributed by atoms with Gasteiger partial charge in [0.2, 0.25) is 0 Å². The maximum Gasteiger partial charge on any atom is 0.258 e. The minimum absolute atomic E-state index is 0.0309. The summed E-state index contributed by atoms with van der Waals surface area (Å²) in [7, 11) is 0. The third-order valence-corrected chi connectivity index (χ3v) is 5.14. The van der Waals surface area contributed by atoms with Crippen LogP contribution in [0.5, 0.6) is 5.75 Å². The number of nitrogens with one attached hydrogen (secondary N) is 3. The number of para-hydroxylation sites is 1. The van der Waals surface area contributed by atoms with Crippen LogP contribution in [0.25, 0.3) is 33.2 Å². The summed E-state index contributed by atoms with van der Waals surface area (Å²) in [5.74, 6) is 1.26. The highest BCUT2D eigenvalue weighted by atomic mass is 16.5. The third kappa shape index (κ3) is 4.66. The van der Waals surface area contributed by atoms with Gasteiger partial charge in [-0.1, -0.05) is 24.2 Å². The van der Waals surface area contributed by atoms with Crippen molar-refractivity contribution in [1.82, 2.24) is 25.5 Å². The smallest absolute Gasteiger partial charge is 0.258 e. The molecule has 0 atom stereocenters. The van der Waals surface area contributed by atoms with Crippen molar-refractivity contribution in [3.05, 3.63) is 72.9 Å². The predicted octanol–water partition coefficient (Wildman–Crippen LogP) is 4.82. The van der Waals surface area contributed by atoms with Crippen molar-refractivity contribution in [1.29, 1.82) is 0 Å². The molecule has 34 heavy (non-hydrogen) atoms. The van der Waals surface area contributed by atoms with E-state index in [1.54, 1.807) is 24.4 Å². The Kier molecular flexibility index (Phi) is 5.45. The molecule has 0 saturated carbocycles. The van der Waals surface area contributed by atoms with Crippen LogP contribution in [-0.4, -0.2) is 38.7 Å². The van der Waals surface area contributed by atoms with Gasteiger partial charge in [-0.3, -0.25) is 9.89 Å². The van der Waals surface area contributed by atoms with Gasteiger partial charge in [-0.25, -0.2) is 9.97 Å². The number of amides is 1. The fourth-order valence-corrected chi connectivity index (χ4v) is 3.63. The summed E-state index contributed by atoms with van der Waals surface area (Å²) >= 11 is 0. The number of carbonyl (C=O) groups is 1. The minimum atomic E-state index is -0.209. The number of benzene rings is 3. The fraction of sp³-hybridized carbons (Fsp3) is 0.154. The largest absolute Gasteiger partial charge is 0.484 e. The molecule has 8 nitrogen and oxygen atoms in total. The fourth-order valence-electron chi connectivity index (χ4n) is 3.63. The van der Waals surface area contributed by atoms with E-state index >= 15 is 0 Å². The summed E-state index contributed by atoms with van der Waals surface area (Å²) in [4.78, 5) is 21.4. The average Bonchev–Trinajstić information content (AvgIpc) is 3.31. The summed E-state index contributed by atoms with van der Waals surface area (Å²) in [5.41, 5.74) is 3.05. The van der Waals surface area contributed by atoms with E-state index in [9.17, 15) is 4.79 Å². The predicted molar refractivity (Wildman–Crippen MR) is 133 cm³/mol. The molecule has 0 saturated heterocycles. The molecular formula is C26H24N6O2. The quantitative estimate of drug-likeness (QED) is 0.326. The van der Waals surface area contributed by atoms with Crippen LogP contribution in [0, 0.1) is 0 Å². The molecule has 170 valence electrons. The molecule has 0 fully saturated rings. The molecule has 2 aromatic heterocycles. The number of nitrogens with zero attached hydrogens (tertiary/aromatic N) is 3. The van der Waals surface area contributed by atoms with Gasteiger partial charge in [0.25, 0.3) is 5.91 Å². The van der Waals surface area contributed by atoms with Crippen molar-refractivity contribution in [2.45, 2.75) is 19.9 Å². The van der Waals surface area contributed by atoms with Crippen molar-refractivity contribution in [3.8, 4) is 17.1 Å². The second kappa shape index (κ2) is 9.19. The zero-order chi connectivity index (χ0) is 24.4. The van der Waals surface area contributed by atoms with Crippen LogP contribution in [0.15, 0.2) is 72.9 Å². The zero-order valence-corrected chi connectivity index (χ0v) is 18.8. The molecular weight excluding hydrogens is 428 g/mol. The number of aromatic amines is 1. The number of fused-ring (bicyclic) bond motifs is 2. The lowest BCUT2D eigenvalue weighted by Crippen LogP contribution is -2.34. The molecule has 2 heterocycles. The minimum Gasteiger partial charge on any atom is -0.484 e. The number of hydrogen-bond donors (Lipinski definition) is 3. The summed E-state index contributed by atoms with van der Waals surface area (Å²) in [5, 5.41) is 15.0. The van der Waals surface area contributed by atoms with E-state index in [0.717, 1.165) is 27.5 Å². The summed E-state index contributed by atoms with van der Waals surface area (Å²) < 4.78 is 14.1. The highest BCUT2D eigenvalue weighted by Gasteiger charge is 2.12. The van der Waals surface area contributed by atoms with E-state index in [1.807, 2.05) is 56.3 Å². The lowest BCUT2D eigenvalue weighted by Gasteiger charge is -2.12. The zero-order valence-electron chi connectivity index (χ0n) is 19.8. The standard InChI is InChI=1S/C26H24N6O2/c1-16(2)28-24(33)15-34-20-7-5-6-17(13-20)25-30-23-9-4-3-8-21(23)26(31-25)29-19-10-11-22-18(12-19)14-27-32-22/h3-14,16H,15H2,1-2H3,(H,27,32)(H,28,33)(H,29,30,31)/i6D. The molecule has 0 aliphatic heterocycles. The molecule has 1 amide bonds. The topological polar surface area (TPSA) is 105 Å². The molecule has 0 bridgehead atoms. The van der Waals surface area contributed by atoms with Crippen LogP contribution in [0.3, 0.4) is 0 Å². The SMILES string of the molecule is [2H]c1ccc(OCC(=O)NC(C)C)cc1-c1nc(Nc2ccc3[nH]ncc3c2)c2ccccc2n1. The Labute approximate surface area is 197 Å². The molecule has 3 aromatic carbocycles. The van der Waals surface area contributed by atoms with E-state index < -0.39 is 0 Å². The van der Waals surface area contributed by atoms with Crippen LogP contribution >= 0.6 is 0 Å². The first-order chi connectivity index (χ1) is 17.0. The van der Waals surface area contributed by atoms with E-state index in [-0.39, 0.29) is 24.6 Å². The molecule has 8 heteroatoms. The number of anilines is 2. The molecule has 5 rings (SSSR count). The number of H-pyrrole nitrogens is 1. The Morgan fingerprint density at radius 1 is 1.12 bits per heavy atom. The molecule has 0 radical (unpaired) electrons. The van der Waals surface area contributed by atoms with E-state index in [2.05, 4.69) is 20.8 Å². The number of rotatable bonds is 7. The first kappa shape index (κ1) is 20.2. The van der Waals surface area contributed by atoms with Gasteiger partial charge in [0.15, 0.2) is 12.4 Å². The molecule has 5 aromatic rings. The maximum atomic E-state index is 12.0. The lowest BCUT2D eigenvalue weighted by molar-refractivity contribution is -0.123. The molecule has 0 aliphatic carbocycles. The summed E-state index contributed by atoms with van der Waals surface area (Å²) in [6.07, 6.45) is 1.77. The Hall–Kier alpha value is -4.46. The summed E-state index contributed by atoms with van der Waals surface area (Å²) in [6.45, 7) is 3.67. The van der Waals surface area contributed by atoms with Gasteiger partial charge in [-0.2, -0.15) is 5.10 Å². The summed E-state index contributed by atoms with van der Waals surface area (Å²) in [6, 6.07) is 18.8. The van der Waals surface area contributed by atoms with E-state index in [4.69, 9.17) is 16.1 Å². The Morgan fingerprint density at radius 2 is 2.00 bits per heavy atom. The third-order valence-electron chi connectivity index (χ3n) is 5.14. The highest BCUT2D eigenvalue weighted by Crippen LogP contribution is 2.29. The molecule has 0 spiro atoms. The van der Waals surface area contributed by atoms with Gasteiger partial charge < -0.3 is 15.4 Å². The van der Waals surface area contributed by atoms with Crippen molar-refractivity contribution >= 4 is 39.2 Å². The number of carbonyl (C=O) groups excluding carboxylic acids is 1.